The van der Waals surface area contributed by atoms with E-state index in [9.17, 15) is 9.18 Å². The van der Waals surface area contributed by atoms with Crippen molar-refractivity contribution < 1.29 is 13.9 Å². The van der Waals surface area contributed by atoms with Crippen LogP contribution < -0.4 is 10.6 Å². The molecule has 0 aromatic carbocycles. The van der Waals surface area contributed by atoms with Crippen LogP contribution in [-0.2, 0) is 11.3 Å². The molecule has 1 aromatic rings. The van der Waals surface area contributed by atoms with Gasteiger partial charge in [-0.3, -0.25) is 9.98 Å². The van der Waals surface area contributed by atoms with Crippen molar-refractivity contribution >= 4 is 36.0 Å². The number of nitrogens with zero attached hydrogens (tertiary/aromatic N) is 3. The molecule has 1 fully saturated rings. The fourth-order valence-corrected chi connectivity index (χ4v) is 2.15. The largest absolute Gasteiger partial charge is 0.444 e. The predicted octanol–water partition coefficient (Wildman–Crippen LogP) is 2.12. The molecule has 0 bridgehead atoms. The molecule has 0 aliphatic carbocycles. The summed E-state index contributed by atoms with van der Waals surface area (Å²) >= 11 is 0. The number of carbonyl (C=O) groups excluding carboxylic acids is 1. The summed E-state index contributed by atoms with van der Waals surface area (Å²) in [5.41, 5.74) is -0.176. The normalized spacial score (nSPS) is 15.1. The number of hydrogen-bond acceptors (Lipinski definition) is 4. The van der Waals surface area contributed by atoms with Crippen molar-refractivity contribution in [1.29, 1.82) is 0 Å². The minimum Gasteiger partial charge on any atom is -0.444 e. The summed E-state index contributed by atoms with van der Waals surface area (Å²) < 4.78 is 18.8. The maximum Gasteiger partial charge on any atom is 0.410 e. The second kappa shape index (κ2) is 9.16. The quantitative estimate of drug-likeness (QED) is 0.407. The summed E-state index contributed by atoms with van der Waals surface area (Å²) in [6.45, 7) is 6.81. The summed E-state index contributed by atoms with van der Waals surface area (Å²) in [6, 6.07) is 2.99. The van der Waals surface area contributed by atoms with Crippen LogP contribution in [0.5, 0.6) is 0 Å². The second-order valence-electron chi connectivity index (χ2n) is 6.58. The summed E-state index contributed by atoms with van der Waals surface area (Å²) in [5, 5.41) is 6.19. The molecule has 0 unspecified atom stereocenters. The zero-order chi connectivity index (χ0) is 17.7. The second-order valence-corrected chi connectivity index (χ2v) is 6.58. The van der Waals surface area contributed by atoms with E-state index in [0.717, 1.165) is 0 Å². The molecule has 1 aliphatic heterocycles. The van der Waals surface area contributed by atoms with E-state index in [4.69, 9.17) is 4.74 Å². The first-order chi connectivity index (χ1) is 11.3. The Hall–Kier alpha value is -1.65. The van der Waals surface area contributed by atoms with Crippen molar-refractivity contribution in [2.45, 2.75) is 39.0 Å². The van der Waals surface area contributed by atoms with E-state index in [0.29, 0.717) is 24.7 Å². The van der Waals surface area contributed by atoms with Crippen molar-refractivity contribution in [1.82, 2.24) is 20.5 Å². The van der Waals surface area contributed by atoms with Crippen LogP contribution in [0.2, 0.25) is 0 Å². The molecule has 7 nitrogen and oxygen atoms in total. The number of likely N-dealkylation sites (tertiary alicyclic amines) is 1. The van der Waals surface area contributed by atoms with E-state index in [2.05, 4.69) is 20.6 Å². The van der Waals surface area contributed by atoms with E-state index in [1.54, 1.807) is 24.2 Å². The van der Waals surface area contributed by atoms with Crippen LogP contribution in [0.4, 0.5) is 9.18 Å². The Bertz CT molecular complexity index is 615. The molecular formula is C16H25FIN5O2. The third-order valence-corrected chi connectivity index (χ3v) is 3.36. The summed E-state index contributed by atoms with van der Waals surface area (Å²) in [6.07, 6.45) is 1.22. The highest BCUT2D eigenvalue weighted by Gasteiger charge is 2.34. The van der Waals surface area contributed by atoms with Gasteiger partial charge in [0.15, 0.2) is 5.96 Å². The average Bonchev–Trinajstić information content (AvgIpc) is 2.45. The van der Waals surface area contributed by atoms with Crippen molar-refractivity contribution in [3.8, 4) is 0 Å². The third-order valence-electron chi connectivity index (χ3n) is 3.36. The van der Waals surface area contributed by atoms with Crippen LogP contribution in [0.3, 0.4) is 0 Å². The Morgan fingerprint density at radius 1 is 1.48 bits per heavy atom. The lowest BCUT2D eigenvalue weighted by molar-refractivity contribution is 0.00701. The molecule has 0 spiro atoms. The molecule has 0 atom stereocenters. The van der Waals surface area contributed by atoms with Gasteiger partial charge in [-0.2, -0.15) is 0 Å². The monoisotopic (exact) mass is 465 g/mol. The minimum atomic E-state index is -0.500. The van der Waals surface area contributed by atoms with Gasteiger partial charge >= 0.3 is 6.09 Å². The van der Waals surface area contributed by atoms with Gasteiger partial charge in [-0.05, 0) is 32.9 Å². The molecule has 2 heterocycles. The number of ether oxygens (including phenoxy) is 1. The number of carbonyl (C=O) groups is 1. The average molecular weight is 465 g/mol. The van der Waals surface area contributed by atoms with E-state index >= 15 is 0 Å². The number of nitrogens with one attached hydrogen (secondary N) is 2. The Morgan fingerprint density at radius 3 is 2.72 bits per heavy atom. The Kier molecular flexibility index (Phi) is 7.84. The number of pyridine rings is 1. The lowest BCUT2D eigenvalue weighted by Gasteiger charge is -2.40. The van der Waals surface area contributed by atoms with E-state index < -0.39 is 5.60 Å². The maximum atomic E-state index is 13.5. The molecule has 1 amide bonds. The maximum absolute atomic E-state index is 13.5. The van der Waals surface area contributed by atoms with Crippen molar-refractivity contribution in [3.63, 3.8) is 0 Å². The minimum absolute atomic E-state index is 0. The van der Waals surface area contributed by atoms with Gasteiger partial charge in [-0.15, -0.1) is 24.0 Å². The number of guanidine groups is 1. The SMILES string of the molecule is CN=C(NCc1ncccc1F)NC1CN(C(=O)OC(C)(C)C)C1.I. The molecule has 1 aliphatic rings. The molecule has 0 radical (unpaired) electrons. The molecule has 0 saturated carbocycles. The molecule has 140 valence electrons. The third kappa shape index (κ3) is 6.63. The van der Waals surface area contributed by atoms with Crippen LogP contribution in [0, 0.1) is 5.82 Å². The molecule has 2 N–H and O–H groups in total. The van der Waals surface area contributed by atoms with E-state index in [1.165, 1.54) is 6.07 Å². The zero-order valence-electron chi connectivity index (χ0n) is 14.9. The molecule has 9 heteroatoms. The molecule has 2 rings (SSSR count). The number of halogens is 2. The van der Waals surface area contributed by atoms with E-state index in [-0.39, 0.29) is 48.5 Å². The van der Waals surface area contributed by atoms with Gasteiger partial charge in [-0.1, -0.05) is 0 Å². The fourth-order valence-electron chi connectivity index (χ4n) is 2.15. The smallest absolute Gasteiger partial charge is 0.410 e. The number of aromatic nitrogens is 1. The lowest BCUT2D eigenvalue weighted by Crippen LogP contribution is -2.63. The van der Waals surface area contributed by atoms with Gasteiger partial charge in [0.05, 0.1) is 18.3 Å². The van der Waals surface area contributed by atoms with Gasteiger partial charge < -0.3 is 20.3 Å². The number of hydrogen-bond donors (Lipinski definition) is 2. The van der Waals surface area contributed by atoms with Crippen LogP contribution in [0.25, 0.3) is 0 Å². The van der Waals surface area contributed by atoms with Gasteiger partial charge in [0.2, 0.25) is 0 Å². The lowest BCUT2D eigenvalue weighted by atomic mass is 10.1. The first-order valence-electron chi connectivity index (χ1n) is 7.83. The topological polar surface area (TPSA) is 78.9 Å². The van der Waals surface area contributed by atoms with E-state index in [1.807, 2.05) is 20.8 Å². The van der Waals surface area contributed by atoms with Gasteiger partial charge in [-0.25, -0.2) is 9.18 Å². The van der Waals surface area contributed by atoms with Crippen LogP contribution in [0.15, 0.2) is 23.3 Å². The highest BCUT2D eigenvalue weighted by molar-refractivity contribution is 14.0. The predicted molar refractivity (Wildman–Crippen MR) is 105 cm³/mol. The highest BCUT2D eigenvalue weighted by atomic mass is 127. The Balaban J connectivity index is 0.00000312. The molecule has 1 aromatic heterocycles. The van der Waals surface area contributed by atoms with Crippen molar-refractivity contribution in [2.24, 2.45) is 4.99 Å². The number of aliphatic imine (C=N–C) groups is 1. The molecule has 1 saturated heterocycles. The summed E-state index contributed by atoms with van der Waals surface area (Å²) in [7, 11) is 1.63. The Morgan fingerprint density at radius 2 is 2.16 bits per heavy atom. The number of amides is 1. The van der Waals surface area contributed by atoms with Crippen molar-refractivity contribution in [3.05, 3.63) is 29.8 Å². The van der Waals surface area contributed by atoms with Gasteiger partial charge in [0, 0.05) is 26.3 Å². The van der Waals surface area contributed by atoms with Crippen LogP contribution in [0.1, 0.15) is 26.5 Å². The summed E-state index contributed by atoms with van der Waals surface area (Å²) in [4.78, 5) is 21.6. The standard InChI is InChI=1S/C16H24FN5O2.HI/c1-16(2,3)24-15(23)22-9-11(10-22)21-14(18-4)20-8-13-12(17)6-5-7-19-13;/h5-7,11H,8-10H2,1-4H3,(H2,18,20,21);1H. The fraction of sp³-hybridized carbons (Fsp3) is 0.562. The van der Waals surface area contributed by atoms with Crippen LogP contribution >= 0.6 is 24.0 Å². The first-order valence-corrected chi connectivity index (χ1v) is 7.83. The highest BCUT2D eigenvalue weighted by Crippen LogP contribution is 2.15. The van der Waals surface area contributed by atoms with Gasteiger partial charge in [0.1, 0.15) is 11.4 Å². The molecular weight excluding hydrogens is 440 g/mol. The Labute approximate surface area is 164 Å². The first kappa shape index (κ1) is 21.4. The van der Waals surface area contributed by atoms with Crippen LogP contribution in [-0.4, -0.2) is 53.7 Å². The zero-order valence-corrected chi connectivity index (χ0v) is 17.2. The van der Waals surface area contributed by atoms with Crippen molar-refractivity contribution in [2.75, 3.05) is 20.1 Å². The van der Waals surface area contributed by atoms with Gasteiger partial charge in [0.25, 0.3) is 0 Å². The summed E-state index contributed by atoms with van der Waals surface area (Å²) in [5.74, 6) is 0.175. The number of rotatable bonds is 3. The molecule has 25 heavy (non-hydrogen) atoms.